The molecule has 110 valence electrons. The van der Waals surface area contributed by atoms with Crippen molar-refractivity contribution >= 4 is 23.8 Å². The number of carboxylic acid groups (broad SMARTS) is 1. The fourth-order valence-corrected chi connectivity index (χ4v) is 3.16. The largest absolute Gasteiger partial charge is 0.480 e. The van der Waals surface area contributed by atoms with Crippen molar-refractivity contribution in [2.24, 2.45) is 0 Å². The first-order valence-electron chi connectivity index (χ1n) is 6.71. The van der Waals surface area contributed by atoms with E-state index in [4.69, 9.17) is 5.11 Å². The van der Waals surface area contributed by atoms with E-state index in [0.717, 1.165) is 31.4 Å². The van der Waals surface area contributed by atoms with Crippen molar-refractivity contribution in [3.05, 3.63) is 0 Å². The van der Waals surface area contributed by atoms with Crippen LogP contribution in [0.15, 0.2) is 0 Å². The van der Waals surface area contributed by atoms with Crippen LogP contribution in [0.2, 0.25) is 0 Å². The van der Waals surface area contributed by atoms with Gasteiger partial charge in [0.1, 0.15) is 6.54 Å². The number of carbonyl (C=O) groups excluding carboxylic acids is 1. The molecule has 0 spiro atoms. The number of thioether (sulfide) groups is 1. The van der Waals surface area contributed by atoms with Gasteiger partial charge in [-0.15, -0.1) is 0 Å². The summed E-state index contributed by atoms with van der Waals surface area (Å²) in [5.74, 6) is -0.0838. The molecule has 0 bridgehead atoms. The Balaban J connectivity index is 2.72. The predicted molar refractivity (Wildman–Crippen MR) is 77.6 cm³/mol. The summed E-state index contributed by atoms with van der Waals surface area (Å²) in [6, 6.07) is 0.0450. The van der Waals surface area contributed by atoms with Crippen LogP contribution >= 0.6 is 11.8 Å². The molecule has 1 atom stereocenters. The van der Waals surface area contributed by atoms with Crippen LogP contribution in [-0.4, -0.2) is 64.6 Å². The fourth-order valence-electron chi connectivity index (χ4n) is 2.46. The third kappa shape index (κ3) is 4.60. The highest BCUT2D eigenvalue weighted by Gasteiger charge is 2.31. The van der Waals surface area contributed by atoms with Crippen LogP contribution in [0.1, 0.15) is 32.6 Å². The maximum atomic E-state index is 12.5. The van der Waals surface area contributed by atoms with Crippen LogP contribution in [0.5, 0.6) is 0 Å². The molecule has 1 aliphatic carbocycles. The first-order valence-corrected chi connectivity index (χ1v) is 8.11. The van der Waals surface area contributed by atoms with E-state index in [1.54, 1.807) is 23.7 Å². The van der Waals surface area contributed by atoms with E-state index in [9.17, 15) is 9.59 Å². The molecule has 0 aromatic rings. The summed E-state index contributed by atoms with van der Waals surface area (Å²) < 4.78 is 0. The number of amides is 2. The molecule has 1 N–H and O–H groups in total. The molecule has 19 heavy (non-hydrogen) atoms. The van der Waals surface area contributed by atoms with Gasteiger partial charge in [0, 0.05) is 24.9 Å². The molecule has 0 saturated heterocycles. The van der Waals surface area contributed by atoms with Crippen LogP contribution in [0.4, 0.5) is 4.79 Å². The molecule has 1 unspecified atom stereocenters. The van der Waals surface area contributed by atoms with Crippen molar-refractivity contribution in [3.8, 4) is 0 Å². The number of nitrogens with zero attached hydrogens (tertiary/aromatic N) is 2. The molecular weight excluding hydrogens is 264 g/mol. The van der Waals surface area contributed by atoms with E-state index in [1.807, 2.05) is 13.2 Å². The Kier molecular flexibility index (Phi) is 6.48. The second-order valence-corrected chi connectivity index (χ2v) is 6.07. The lowest BCUT2D eigenvalue weighted by atomic mass is 10.2. The zero-order chi connectivity index (χ0) is 14.4. The number of hydrogen-bond donors (Lipinski definition) is 1. The molecule has 1 aliphatic rings. The summed E-state index contributed by atoms with van der Waals surface area (Å²) >= 11 is 1.68. The highest BCUT2D eigenvalue weighted by atomic mass is 32.2. The number of carboxylic acids is 1. The van der Waals surface area contributed by atoms with Gasteiger partial charge in [-0.25, -0.2) is 4.79 Å². The SMILES string of the molecule is CSCC(C)N(C)C(=O)N(CC(=O)O)C1CCCC1. The number of rotatable bonds is 6. The maximum Gasteiger partial charge on any atom is 0.323 e. The summed E-state index contributed by atoms with van der Waals surface area (Å²) in [6.07, 6.45) is 6.00. The first kappa shape index (κ1) is 16.1. The maximum absolute atomic E-state index is 12.5. The van der Waals surface area contributed by atoms with Crippen LogP contribution < -0.4 is 0 Å². The van der Waals surface area contributed by atoms with Crippen molar-refractivity contribution in [1.82, 2.24) is 9.80 Å². The molecule has 2 amide bonds. The van der Waals surface area contributed by atoms with Crippen molar-refractivity contribution in [2.75, 3.05) is 25.6 Å². The third-order valence-electron chi connectivity index (χ3n) is 3.69. The van der Waals surface area contributed by atoms with E-state index in [-0.39, 0.29) is 24.7 Å². The van der Waals surface area contributed by atoms with Crippen molar-refractivity contribution in [1.29, 1.82) is 0 Å². The average Bonchev–Trinajstić information content (AvgIpc) is 2.87. The molecule has 0 aromatic heterocycles. The van der Waals surface area contributed by atoms with Crippen molar-refractivity contribution in [2.45, 2.75) is 44.7 Å². The van der Waals surface area contributed by atoms with Crippen LogP contribution in [0.3, 0.4) is 0 Å². The first-order chi connectivity index (χ1) is 8.97. The molecule has 0 aliphatic heterocycles. The molecular formula is C13H24N2O3S. The van der Waals surface area contributed by atoms with Gasteiger partial charge in [-0.05, 0) is 26.0 Å². The monoisotopic (exact) mass is 288 g/mol. The number of carbonyl (C=O) groups is 2. The van der Waals surface area contributed by atoms with Crippen LogP contribution in [0.25, 0.3) is 0 Å². The normalized spacial score (nSPS) is 17.2. The zero-order valence-corrected chi connectivity index (χ0v) is 12.8. The van der Waals surface area contributed by atoms with E-state index >= 15 is 0 Å². The highest BCUT2D eigenvalue weighted by molar-refractivity contribution is 7.98. The lowest BCUT2D eigenvalue weighted by Gasteiger charge is -2.34. The zero-order valence-electron chi connectivity index (χ0n) is 12.0. The quantitative estimate of drug-likeness (QED) is 0.813. The van der Waals surface area contributed by atoms with E-state index in [2.05, 4.69) is 0 Å². The van der Waals surface area contributed by atoms with Crippen LogP contribution in [-0.2, 0) is 4.79 Å². The van der Waals surface area contributed by atoms with Crippen molar-refractivity contribution < 1.29 is 14.7 Å². The van der Waals surface area contributed by atoms with E-state index in [0.29, 0.717) is 0 Å². The Morgan fingerprint density at radius 3 is 2.42 bits per heavy atom. The minimum Gasteiger partial charge on any atom is -0.480 e. The van der Waals surface area contributed by atoms with Crippen LogP contribution in [0, 0.1) is 0 Å². The number of aliphatic carboxylic acids is 1. The van der Waals surface area contributed by atoms with Gasteiger partial charge < -0.3 is 14.9 Å². The van der Waals surface area contributed by atoms with Crippen molar-refractivity contribution in [3.63, 3.8) is 0 Å². The molecule has 6 heteroatoms. The van der Waals surface area contributed by atoms with Gasteiger partial charge in [-0.2, -0.15) is 11.8 Å². The number of hydrogen-bond acceptors (Lipinski definition) is 3. The summed E-state index contributed by atoms with van der Waals surface area (Å²) in [4.78, 5) is 26.6. The Morgan fingerprint density at radius 1 is 1.37 bits per heavy atom. The Bertz CT molecular complexity index is 319. The predicted octanol–water partition coefficient (Wildman–Crippen LogP) is 2.12. The standard InChI is InChI=1S/C13H24N2O3S/c1-10(9-19-3)14(2)13(18)15(8-12(16)17)11-6-4-5-7-11/h10-11H,4-9H2,1-3H3,(H,16,17). The lowest BCUT2D eigenvalue weighted by molar-refractivity contribution is -0.138. The molecule has 5 nitrogen and oxygen atoms in total. The Labute approximate surface area is 119 Å². The molecule has 0 heterocycles. The third-order valence-corrected chi connectivity index (χ3v) is 4.50. The van der Waals surface area contributed by atoms with Gasteiger partial charge in [-0.3, -0.25) is 4.79 Å². The van der Waals surface area contributed by atoms with Gasteiger partial charge in [0.2, 0.25) is 0 Å². The topological polar surface area (TPSA) is 60.9 Å². The smallest absolute Gasteiger partial charge is 0.323 e. The number of urea groups is 1. The summed E-state index contributed by atoms with van der Waals surface area (Å²) in [5, 5.41) is 9.00. The molecule has 1 rings (SSSR count). The van der Waals surface area contributed by atoms with Gasteiger partial charge in [0.25, 0.3) is 0 Å². The molecule has 1 saturated carbocycles. The Morgan fingerprint density at radius 2 is 1.95 bits per heavy atom. The minimum absolute atomic E-state index is 0.0903. The molecule has 0 aromatic carbocycles. The second-order valence-electron chi connectivity index (χ2n) is 5.16. The molecule has 0 radical (unpaired) electrons. The van der Waals surface area contributed by atoms with E-state index in [1.165, 1.54) is 4.90 Å². The van der Waals surface area contributed by atoms with Gasteiger partial charge in [0.05, 0.1) is 0 Å². The highest BCUT2D eigenvalue weighted by Crippen LogP contribution is 2.24. The van der Waals surface area contributed by atoms with Gasteiger partial charge >= 0.3 is 12.0 Å². The fraction of sp³-hybridized carbons (Fsp3) is 0.846. The minimum atomic E-state index is -0.939. The summed E-state index contributed by atoms with van der Waals surface area (Å²) in [7, 11) is 1.76. The van der Waals surface area contributed by atoms with Gasteiger partial charge in [-0.1, -0.05) is 12.8 Å². The van der Waals surface area contributed by atoms with Gasteiger partial charge in [0.15, 0.2) is 0 Å². The lowest BCUT2D eigenvalue weighted by Crippen LogP contribution is -2.51. The summed E-state index contributed by atoms with van der Waals surface area (Å²) in [6.45, 7) is 1.79. The summed E-state index contributed by atoms with van der Waals surface area (Å²) in [5.41, 5.74) is 0. The van der Waals surface area contributed by atoms with E-state index < -0.39 is 5.97 Å². The average molecular weight is 288 g/mol. The second kappa shape index (κ2) is 7.62. The molecule has 1 fully saturated rings. The Hall–Kier alpha value is -0.910.